The van der Waals surface area contributed by atoms with Crippen LogP contribution in [0.15, 0.2) is 34.1 Å². The second-order valence-corrected chi connectivity index (χ2v) is 6.35. The Morgan fingerprint density at radius 2 is 1.85 bits per heavy atom. The molecule has 1 saturated heterocycles. The molecule has 1 heterocycles. The van der Waals surface area contributed by atoms with Gasteiger partial charge in [-0.05, 0) is 31.2 Å². The van der Waals surface area contributed by atoms with Gasteiger partial charge in [0.2, 0.25) is 0 Å². The monoisotopic (exact) mass is 211 g/mol. The first-order valence-electron chi connectivity index (χ1n) is 4.72. The van der Waals surface area contributed by atoms with Gasteiger partial charge in [0.05, 0.1) is 4.90 Å². The average molecular weight is 211 g/mol. The van der Waals surface area contributed by atoms with E-state index in [4.69, 9.17) is 0 Å². The molecule has 0 atom stereocenters. The number of hydrogen-bond donors (Lipinski definition) is 0. The lowest BCUT2D eigenvalue weighted by Crippen LogP contribution is -2.04. The van der Waals surface area contributed by atoms with E-state index in [9.17, 15) is 0 Å². The van der Waals surface area contributed by atoms with Gasteiger partial charge < -0.3 is 0 Å². The molecule has 0 bridgehead atoms. The van der Waals surface area contributed by atoms with Crippen molar-refractivity contribution in [2.45, 2.75) is 22.6 Å². The van der Waals surface area contributed by atoms with Gasteiger partial charge in [-0.1, -0.05) is 12.1 Å². The second-order valence-electron chi connectivity index (χ2n) is 3.26. The summed E-state index contributed by atoms with van der Waals surface area (Å²) in [6.07, 6.45) is 5.05. The smallest absolute Gasteiger partial charge is 0.124 e. The fourth-order valence-corrected chi connectivity index (χ4v) is 5.19. The lowest BCUT2D eigenvalue weighted by Gasteiger charge is -2.04. The molecule has 13 heavy (non-hydrogen) atoms. The molecule has 1 aromatic carbocycles. The van der Waals surface area contributed by atoms with Crippen molar-refractivity contribution in [2.75, 3.05) is 17.8 Å². The van der Waals surface area contributed by atoms with Gasteiger partial charge in [0, 0.05) is 10.9 Å². The molecular formula is C11H15S2+. The van der Waals surface area contributed by atoms with Gasteiger partial charge in [-0.25, -0.2) is 0 Å². The molecule has 0 nitrogen and oxygen atoms in total. The van der Waals surface area contributed by atoms with Crippen molar-refractivity contribution >= 4 is 22.7 Å². The molecule has 0 aliphatic carbocycles. The third-order valence-corrected chi connectivity index (χ3v) is 5.88. The Kier molecular flexibility index (Phi) is 3.23. The van der Waals surface area contributed by atoms with Crippen LogP contribution >= 0.6 is 11.8 Å². The van der Waals surface area contributed by atoms with Crippen molar-refractivity contribution < 1.29 is 0 Å². The molecule has 2 rings (SSSR count). The highest BCUT2D eigenvalue weighted by molar-refractivity contribution is 8.01. The Balaban J connectivity index is 2.26. The van der Waals surface area contributed by atoms with Crippen LogP contribution in [0, 0.1) is 0 Å². The minimum absolute atomic E-state index is 0.577. The molecule has 1 aromatic rings. The van der Waals surface area contributed by atoms with Crippen molar-refractivity contribution in [1.29, 1.82) is 0 Å². The fourth-order valence-electron chi connectivity index (χ4n) is 1.73. The van der Waals surface area contributed by atoms with Crippen LogP contribution in [0.3, 0.4) is 0 Å². The van der Waals surface area contributed by atoms with E-state index >= 15 is 0 Å². The van der Waals surface area contributed by atoms with E-state index in [1.165, 1.54) is 29.2 Å². The third kappa shape index (κ3) is 2.05. The van der Waals surface area contributed by atoms with Gasteiger partial charge in [-0.2, -0.15) is 0 Å². The Hall–Kier alpha value is -0.0800. The van der Waals surface area contributed by atoms with Gasteiger partial charge in [0.15, 0.2) is 4.90 Å². The SMILES string of the molecule is CSc1ccccc1[S+]1CCCC1. The summed E-state index contributed by atoms with van der Waals surface area (Å²) in [5.74, 6) is 2.86. The summed E-state index contributed by atoms with van der Waals surface area (Å²) in [5, 5.41) is 0. The predicted octanol–water partition coefficient (Wildman–Crippen LogP) is 3.18. The first-order chi connectivity index (χ1) is 6.42. The van der Waals surface area contributed by atoms with E-state index in [-0.39, 0.29) is 0 Å². The summed E-state index contributed by atoms with van der Waals surface area (Å²) in [7, 11) is 0.577. The largest absolute Gasteiger partial charge is 0.168 e. The Morgan fingerprint density at radius 1 is 1.15 bits per heavy atom. The first kappa shape index (κ1) is 9.47. The standard InChI is InChI=1S/C11H15S2/c1-12-10-6-2-3-7-11(10)13-8-4-5-9-13/h2-3,6-7H,4-5,8-9H2,1H3/q+1. The predicted molar refractivity (Wildman–Crippen MR) is 62.8 cm³/mol. The summed E-state index contributed by atoms with van der Waals surface area (Å²) >= 11 is 1.89. The second kappa shape index (κ2) is 4.43. The van der Waals surface area contributed by atoms with E-state index in [1.54, 1.807) is 4.90 Å². The molecule has 0 saturated carbocycles. The van der Waals surface area contributed by atoms with Gasteiger partial charge in [-0.15, -0.1) is 11.8 Å². The Morgan fingerprint density at radius 3 is 2.54 bits per heavy atom. The third-order valence-electron chi connectivity index (χ3n) is 2.41. The summed E-state index contributed by atoms with van der Waals surface area (Å²) in [5.41, 5.74) is 0. The molecule has 0 N–H and O–H groups in total. The van der Waals surface area contributed by atoms with Crippen molar-refractivity contribution in [3.8, 4) is 0 Å². The summed E-state index contributed by atoms with van der Waals surface area (Å²) in [6, 6.07) is 8.90. The highest BCUT2D eigenvalue weighted by atomic mass is 32.2. The summed E-state index contributed by atoms with van der Waals surface area (Å²) in [4.78, 5) is 3.11. The summed E-state index contributed by atoms with van der Waals surface area (Å²) in [6.45, 7) is 0. The molecule has 0 amide bonds. The van der Waals surface area contributed by atoms with Gasteiger partial charge >= 0.3 is 0 Å². The first-order valence-corrected chi connectivity index (χ1v) is 7.51. The van der Waals surface area contributed by atoms with Crippen LogP contribution in [0.4, 0.5) is 0 Å². The highest BCUT2D eigenvalue weighted by Gasteiger charge is 2.28. The normalized spacial score (nSPS) is 17.9. The fraction of sp³-hybridized carbons (Fsp3) is 0.455. The van der Waals surface area contributed by atoms with Crippen LogP contribution in [0.1, 0.15) is 12.8 Å². The van der Waals surface area contributed by atoms with Crippen LogP contribution in [-0.4, -0.2) is 17.8 Å². The van der Waals surface area contributed by atoms with Crippen molar-refractivity contribution in [3.63, 3.8) is 0 Å². The quantitative estimate of drug-likeness (QED) is 0.535. The van der Waals surface area contributed by atoms with E-state index in [0.717, 1.165) is 0 Å². The van der Waals surface area contributed by atoms with Crippen LogP contribution in [0.2, 0.25) is 0 Å². The van der Waals surface area contributed by atoms with E-state index in [0.29, 0.717) is 10.9 Å². The maximum absolute atomic E-state index is 2.32. The lowest BCUT2D eigenvalue weighted by atomic mass is 10.4. The molecule has 2 heteroatoms. The topological polar surface area (TPSA) is 0 Å². The van der Waals surface area contributed by atoms with Crippen molar-refractivity contribution in [3.05, 3.63) is 24.3 Å². The maximum Gasteiger partial charge on any atom is 0.168 e. The van der Waals surface area contributed by atoms with Crippen LogP contribution < -0.4 is 0 Å². The number of hydrogen-bond acceptors (Lipinski definition) is 1. The van der Waals surface area contributed by atoms with Crippen LogP contribution in [0.25, 0.3) is 0 Å². The van der Waals surface area contributed by atoms with Gasteiger partial charge in [0.1, 0.15) is 11.5 Å². The minimum atomic E-state index is 0.577. The molecular weight excluding hydrogens is 196 g/mol. The van der Waals surface area contributed by atoms with Crippen LogP contribution in [-0.2, 0) is 10.9 Å². The van der Waals surface area contributed by atoms with Gasteiger partial charge in [0.25, 0.3) is 0 Å². The minimum Gasteiger partial charge on any atom is -0.124 e. The van der Waals surface area contributed by atoms with E-state index in [2.05, 4.69) is 30.5 Å². The molecule has 70 valence electrons. The van der Waals surface area contributed by atoms with Gasteiger partial charge in [-0.3, -0.25) is 0 Å². The number of thioether (sulfide) groups is 1. The molecule has 0 aromatic heterocycles. The Labute approximate surface area is 87.5 Å². The van der Waals surface area contributed by atoms with Crippen LogP contribution in [0.5, 0.6) is 0 Å². The number of rotatable bonds is 2. The van der Waals surface area contributed by atoms with E-state index in [1.807, 2.05) is 11.8 Å². The van der Waals surface area contributed by atoms with Crippen molar-refractivity contribution in [1.82, 2.24) is 0 Å². The molecule has 1 fully saturated rings. The molecule has 1 aliphatic heterocycles. The molecule has 1 aliphatic rings. The molecule has 0 spiro atoms. The maximum atomic E-state index is 2.32. The highest BCUT2D eigenvalue weighted by Crippen LogP contribution is 2.30. The Bertz CT molecular complexity index is 277. The summed E-state index contributed by atoms with van der Waals surface area (Å²) < 4.78 is 0. The lowest BCUT2D eigenvalue weighted by molar-refractivity contribution is 0.949. The van der Waals surface area contributed by atoms with E-state index < -0.39 is 0 Å². The zero-order valence-electron chi connectivity index (χ0n) is 7.95. The molecule has 0 radical (unpaired) electrons. The van der Waals surface area contributed by atoms with Crippen molar-refractivity contribution in [2.24, 2.45) is 0 Å². The zero-order valence-corrected chi connectivity index (χ0v) is 9.59. The average Bonchev–Trinajstić information content (AvgIpc) is 2.70. The molecule has 0 unspecified atom stereocenters. The zero-order chi connectivity index (χ0) is 9.10. The number of benzene rings is 1.